The Morgan fingerprint density at radius 3 is 2.78 bits per heavy atom. The molecular weight excluding hydrogens is 232 g/mol. The van der Waals surface area contributed by atoms with Crippen molar-refractivity contribution >= 4 is 5.97 Å². The van der Waals surface area contributed by atoms with Gasteiger partial charge in [-0.15, -0.1) is 0 Å². The van der Waals surface area contributed by atoms with Crippen LogP contribution in [-0.2, 0) is 14.3 Å². The van der Waals surface area contributed by atoms with Crippen LogP contribution in [0.15, 0.2) is 0 Å². The van der Waals surface area contributed by atoms with E-state index in [0.717, 1.165) is 26.1 Å². The van der Waals surface area contributed by atoms with Gasteiger partial charge in [0.1, 0.15) is 6.04 Å². The molecule has 3 unspecified atom stereocenters. The zero-order valence-corrected chi connectivity index (χ0v) is 11.9. The number of hydrogen-bond acceptors (Lipinski definition) is 5. The molecule has 0 aliphatic carbocycles. The third-order valence-electron chi connectivity index (χ3n) is 3.65. The highest BCUT2D eigenvalue weighted by molar-refractivity contribution is 5.75. The second-order valence-corrected chi connectivity index (χ2v) is 4.93. The highest BCUT2D eigenvalue weighted by Crippen LogP contribution is 2.19. The fourth-order valence-electron chi connectivity index (χ4n) is 2.44. The van der Waals surface area contributed by atoms with Crippen LogP contribution in [0.1, 0.15) is 20.3 Å². The molecule has 0 amide bonds. The van der Waals surface area contributed by atoms with Crippen molar-refractivity contribution in [3.05, 3.63) is 0 Å². The summed E-state index contributed by atoms with van der Waals surface area (Å²) in [5.41, 5.74) is 0. The summed E-state index contributed by atoms with van der Waals surface area (Å²) in [6.45, 7) is 7.56. The molecule has 0 spiro atoms. The van der Waals surface area contributed by atoms with Crippen LogP contribution in [0.4, 0.5) is 0 Å². The van der Waals surface area contributed by atoms with Gasteiger partial charge in [0, 0.05) is 20.2 Å². The van der Waals surface area contributed by atoms with Gasteiger partial charge < -0.3 is 14.8 Å². The largest absolute Gasteiger partial charge is 0.468 e. The van der Waals surface area contributed by atoms with Crippen molar-refractivity contribution in [1.29, 1.82) is 0 Å². The van der Waals surface area contributed by atoms with Crippen LogP contribution in [0.5, 0.6) is 0 Å². The van der Waals surface area contributed by atoms with Crippen LogP contribution in [0, 0.1) is 5.92 Å². The Morgan fingerprint density at radius 1 is 1.50 bits per heavy atom. The predicted octanol–water partition coefficient (Wildman–Crippen LogP) is 0.494. The van der Waals surface area contributed by atoms with E-state index in [4.69, 9.17) is 9.47 Å². The van der Waals surface area contributed by atoms with Crippen molar-refractivity contribution < 1.29 is 14.3 Å². The van der Waals surface area contributed by atoms with Gasteiger partial charge in [-0.3, -0.25) is 9.69 Å². The predicted molar refractivity (Wildman–Crippen MR) is 70.5 cm³/mol. The number of methoxy groups -OCH3 is 2. The minimum atomic E-state index is -0.245. The molecule has 0 bridgehead atoms. The number of ether oxygens (including phenoxy) is 2. The fourth-order valence-corrected chi connectivity index (χ4v) is 2.44. The summed E-state index contributed by atoms with van der Waals surface area (Å²) >= 11 is 0. The van der Waals surface area contributed by atoms with E-state index < -0.39 is 0 Å². The molecule has 5 nitrogen and oxygen atoms in total. The molecule has 1 rings (SSSR count). The van der Waals surface area contributed by atoms with E-state index in [-0.39, 0.29) is 18.1 Å². The molecule has 1 heterocycles. The van der Waals surface area contributed by atoms with Gasteiger partial charge in [-0.2, -0.15) is 0 Å². The maximum atomic E-state index is 11.6. The summed E-state index contributed by atoms with van der Waals surface area (Å²) < 4.78 is 10.3. The summed E-state index contributed by atoms with van der Waals surface area (Å²) in [6.07, 6.45) is 1.37. The number of carbonyl (C=O) groups excluding carboxylic acids is 1. The molecule has 1 saturated heterocycles. The summed E-state index contributed by atoms with van der Waals surface area (Å²) in [7, 11) is 3.19. The van der Waals surface area contributed by atoms with Gasteiger partial charge in [0.25, 0.3) is 0 Å². The number of piperidine rings is 1. The second-order valence-electron chi connectivity index (χ2n) is 4.93. The molecule has 1 fully saturated rings. The van der Waals surface area contributed by atoms with Gasteiger partial charge in [-0.25, -0.2) is 0 Å². The van der Waals surface area contributed by atoms with Gasteiger partial charge >= 0.3 is 5.97 Å². The van der Waals surface area contributed by atoms with Gasteiger partial charge in [0.2, 0.25) is 0 Å². The quantitative estimate of drug-likeness (QED) is 0.703. The van der Waals surface area contributed by atoms with Crippen molar-refractivity contribution in [2.24, 2.45) is 5.92 Å². The standard InChI is InChI=1S/C13H26N2O3/c1-5-14-11(13(16)18-4)8-15-7-6-10(2)12(9-15)17-3/h10-12,14H,5-9H2,1-4H3. The van der Waals surface area contributed by atoms with Crippen LogP contribution in [-0.4, -0.2) is 63.4 Å². The van der Waals surface area contributed by atoms with E-state index in [0.29, 0.717) is 12.5 Å². The van der Waals surface area contributed by atoms with E-state index in [2.05, 4.69) is 17.1 Å². The van der Waals surface area contributed by atoms with Crippen molar-refractivity contribution in [1.82, 2.24) is 10.2 Å². The van der Waals surface area contributed by atoms with Crippen LogP contribution in [0.25, 0.3) is 0 Å². The van der Waals surface area contributed by atoms with Crippen molar-refractivity contribution in [3.63, 3.8) is 0 Å². The Morgan fingerprint density at radius 2 is 2.22 bits per heavy atom. The van der Waals surface area contributed by atoms with Crippen LogP contribution in [0.2, 0.25) is 0 Å². The molecule has 0 aromatic carbocycles. The summed E-state index contributed by atoms with van der Waals surface area (Å²) in [5.74, 6) is 0.395. The van der Waals surface area contributed by atoms with Crippen LogP contribution >= 0.6 is 0 Å². The molecule has 0 radical (unpaired) electrons. The lowest BCUT2D eigenvalue weighted by Gasteiger charge is -2.37. The normalized spacial score (nSPS) is 26.9. The maximum absolute atomic E-state index is 11.6. The van der Waals surface area contributed by atoms with Gasteiger partial charge in [-0.05, 0) is 25.4 Å². The molecule has 1 N–H and O–H groups in total. The van der Waals surface area contributed by atoms with E-state index in [1.807, 2.05) is 6.92 Å². The Bertz CT molecular complexity index is 261. The molecule has 0 saturated carbocycles. The Hall–Kier alpha value is -0.650. The topological polar surface area (TPSA) is 50.8 Å². The zero-order valence-electron chi connectivity index (χ0n) is 11.9. The summed E-state index contributed by atoms with van der Waals surface area (Å²) in [6, 6.07) is -0.245. The van der Waals surface area contributed by atoms with Crippen LogP contribution in [0.3, 0.4) is 0 Å². The molecular formula is C13H26N2O3. The number of carbonyl (C=O) groups is 1. The lowest BCUT2D eigenvalue weighted by atomic mass is 9.95. The third kappa shape index (κ3) is 4.23. The van der Waals surface area contributed by atoms with E-state index >= 15 is 0 Å². The Balaban J connectivity index is 2.51. The van der Waals surface area contributed by atoms with Gasteiger partial charge in [0.15, 0.2) is 0 Å². The zero-order chi connectivity index (χ0) is 13.5. The summed E-state index contributed by atoms with van der Waals surface area (Å²) in [5, 5.41) is 3.17. The summed E-state index contributed by atoms with van der Waals surface area (Å²) in [4.78, 5) is 13.9. The first-order valence-electron chi connectivity index (χ1n) is 6.68. The number of rotatable bonds is 6. The monoisotopic (exact) mass is 258 g/mol. The van der Waals surface area contributed by atoms with Gasteiger partial charge in [-0.1, -0.05) is 13.8 Å². The number of esters is 1. The lowest BCUT2D eigenvalue weighted by Crippen LogP contribution is -2.51. The third-order valence-corrected chi connectivity index (χ3v) is 3.65. The first kappa shape index (κ1) is 15.4. The van der Waals surface area contributed by atoms with Crippen LogP contribution < -0.4 is 5.32 Å². The Kier molecular flexibility index (Phi) is 6.60. The number of nitrogens with zero attached hydrogens (tertiary/aromatic N) is 1. The SMILES string of the molecule is CCNC(CN1CCC(C)C(OC)C1)C(=O)OC. The Labute approximate surface area is 110 Å². The van der Waals surface area contributed by atoms with Gasteiger partial charge in [0.05, 0.1) is 13.2 Å². The van der Waals surface area contributed by atoms with E-state index in [9.17, 15) is 4.79 Å². The highest BCUT2D eigenvalue weighted by Gasteiger charge is 2.29. The molecule has 1 aliphatic heterocycles. The first-order chi connectivity index (χ1) is 8.62. The minimum Gasteiger partial charge on any atom is -0.468 e. The minimum absolute atomic E-state index is 0.190. The molecule has 5 heteroatoms. The number of likely N-dealkylation sites (N-methyl/N-ethyl adjacent to an activating group) is 1. The molecule has 0 aromatic rings. The number of hydrogen-bond donors (Lipinski definition) is 1. The average Bonchev–Trinajstić information content (AvgIpc) is 2.39. The van der Waals surface area contributed by atoms with Crippen molar-refractivity contribution in [3.8, 4) is 0 Å². The molecule has 0 aromatic heterocycles. The maximum Gasteiger partial charge on any atom is 0.324 e. The number of likely N-dealkylation sites (tertiary alicyclic amines) is 1. The highest BCUT2D eigenvalue weighted by atomic mass is 16.5. The molecule has 1 aliphatic rings. The lowest BCUT2D eigenvalue weighted by molar-refractivity contribution is -0.144. The molecule has 18 heavy (non-hydrogen) atoms. The van der Waals surface area contributed by atoms with E-state index in [1.165, 1.54) is 7.11 Å². The van der Waals surface area contributed by atoms with Crippen molar-refractivity contribution in [2.75, 3.05) is 40.4 Å². The average molecular weight is 258 g/mol. The molecule has 106 valence electrons. The van der Waals surface area contributed by atoms with Crippen molar-refractivity contribution in [2.45, 2.75) is 32.4 Å². The first-order valence-corrected chi connectivity index (χ1v) is 6.68. The van der Waals surface area contributed by atoms with E-state index in [1.54, 1.807) is 7.11 Å². The molecule has 3 atom stereocenters. The number of nitrogens with one attached hydrogen (secondary N) is 1. The smallest absolute Gasteiger partial charge is 0.324 e. The second kappa shape index (κ2) is 7.71. The fraction of sp³-hybridized carbons (Fsp3) is 0.923.